The molecule has 1 aliphatic rings. The van der Waals surface area contributed by atoms with Crippen molar-refractivity contribution < 1.29 is 4.39 Å². The Morgan fingerprint density at radius 1 is 1.53 bits per heavy atom. The van der Waals surface area contributed by atoms with Crippen molar-refractivity contribution in [1.29, 1.82) is 5.26 Å². The van der Waals surface area contributed by atoms with Gasteiger partial charge in [0.25, 0.3) is 0 Å². The average molecular weight is 253 g/mol. The van der Waals surface area contributed by atoms with Crippen LogP contribution in [0.2, 0.25) is 5.02 Å². The summed E-state index contributed by atoms with van der Waals surface area (Å²) in [6.07, 6.45) is 0.832. The van der Waals surface area contributed by atoms with Gasteiger partial charge in [0.2, 0.25) is 0 Å². The largest absolute Gasteiger partial charge is 0.365 e. The minimum absolute atomic E-state index is 0.00803. The van der Waals surface area contributed by atoms with Gasteiger partial charge in [0, 0.05) is 12.2 Å². The van der Waals surface area contributed by atoms with Crippen molar-refractivity contribution in [2.24, 2.45) is 5.92 Å². The van der Waals surface area contributed by atoms with Crippen molar-refractivity contribution in [2.45, 2.75) is 25.8 Å². The molecule has 0 N–H and O–H groups in total. The fourth-order valence-corrected chi connectivity index (χ4v) is 2.60. The van der Waals surface area contributed by atoms with Gasteiger partial charge in [-0.1, -0.05) is 11.6 Å². The average Bonchev–Trinajstić information content (AvgIpc) is 2.57. The van der Waals surface area contributed by atoms with Gasteiger partial charge in [-0.15, -0.1) is 0 Å². The zero-order chi connectivity index (χ0) is 12.6. The topological polar surface area (TPSA) is 27.0 Å². The molecule has 1 aromatic rings. The molecule has 1 unspecified atom stereocenters. The number of nitriles is 1. The molecule has 4 heteroatoms. The molecular weight excluding hydrogens is 239 g/mol. The number of rotatable bonds is 1. The quantitative estimate of drug-likeness (QED) is 0.764. The number of halogens is 2. The molecule has 1 aromatic carbocycles. The third kappa shape index (κ3) is 1.98. The molecule has 0 aliphatic carbocycles. The van der Waals surface area contributed by atoms with E-state index in [0.717, 1.165) is 18.7 Å². The summed E-state index contributed by atoms with van der Waals surface area (Å²) in [6.45, 7) is 4.86. The van der Waals surface area contributed by atoms with Crippen LogP contribution >= 0.6 is 11.6 Å². The van der Waals surface area contributed by atoms with Crippen LogP contribution in [-0.2, 0) is 0 Å². The van der Waals surface area contributed by atoms with Crippen LogP contribution in [0, 0.1) is 23.1 Å². The van der Waals surface area contributed by atoms with E-state index in [-0.39, 0.29) is 16.5 Å². The summed E-state index contributed by atoms with van der Waals surface area (Å²) < 4.78 is 13.1. The van der Waals surface area contributed by atoms with E-state index in [9.17, 15) is 4.39 Å². The van der Waals surface area contributed by atoms with Crippen molar-refractivity contribution in [2.75, 3.05) is 11.4 Å². The van der Waals surface area contributed by atoms with Gasteiger partial charge in [-0.25, -0.2) is 4.39 Å². The Kier molecular flexibility index (Phi) is 3.01. The maximum absolute atomic E-state index is 13.1. The number of benzene rings is 1. The lowest BCUT2D eigenvalue weighted by Crippen LogP contribution is -2.42. The van der Waals surface area contributed by atoms with Gasteiger partial charge in [0.15, 0.2) is 0 Å². The highest BCUT2D eigenvalue weighted by molar-refractivity contribution is 6.31. The van der Waals surface area contributed by atoms with E-state index in [1.54, 1.807) is 12.1 Å². The molecule has 90 valence electrons. The molecule has 2 rings (SSSR count). The van der Waals surface area contributed by atoms with Gasteiger partial charge < -0.3 is 4.90 Å². The molecule has 0 bridgehead atoms. The van der Waals surface area contributed by atoms with E-state index >= 15 is 0 Å². The van der Waals surface area contributed by atoms with Crippen molar-refractivity contribution in [3.05, 3.63) is 29.0 Å². The molecule has 0 aromatic heterocycles. The first-order chi connectivity index (χ1) is 7.96. The molecule has 2 nitrogen and oxygen atoms in total. The number of hydrogen-bond donors (Lipinski definition) is 0. The smallest absolute Gasteiger partial charge is 0.141 e. The van der Waals surface area contributed by atoms with Crippen LogP contribution in [0.3, 0.4) is 0 Å². The van der Waals surface area contributed by atoms with Crippen LogP contribution in [0.15, 0.2) is 18.2 Å². The van der Waals surface area contributed by atoms with Crippen molar-refractivity contribution >= 4 is 17.3 Å². The molecule has 0 radical (unpaired) electrons. The summed E-state index contributed by atoms with van der Waals surface area (Å²) in [7, 11) is 0. The number of hydrogen-bond acceptors (Lipinski definition) is 2. The van der Waals surface area contributed by atoms with Gasteiger partial charge in [-0.3, -0.25) is 0 Å². The van der Waals surface area contributed by atoms with Crippen molar-refractivity contribution in [3.63, 3.8) is 0 Å². The molecule has 17 heavy (non-hydrogen) atoms. The van der Waals surface area contributed by atoms with Crippen LogP contribution < -0.4 is 4.90 Å². The Bertz CT molecular complexity index is 479. The Morgan fingerprint density at radius 2 is 2.24 bits per heavy atom. The van der Waals surface area contributed by atoms with E-state index < -0.39 is 5.82 Å². The predicted octanol–water partition coefficient (Wildman–Crippen LogP) is 3.61. The SMILES string of the molecule is CC1(C)C(C#N)CCN1c1ccc(F)c(Cl)c1. The molecule has 1 atom stereocenters. The van der Waals surface area contributed by atoms with Gasteiger partial charge in [-0.2, -0.15) is 5.26 Å². The maximum Gasteiger partial charge on any atom is 0.141 e. The van der Waals surface area contributed by atoms with Crippen LogP contribution in [0.25, 0.3) is 0 Å². The highest BCUT2D eigenvalue weighted by atomic mass is 35.5. The number of anilines is 1. The first kappa shape index (κ1) is 12.2. The van der Waals surface area contributed by atoms with E-state index in [0.29, 0.717) is 0 Å². The molecule has 0 saturated carbocycles. The molecule has 1 aliphatic heterocycles. The second kappa shape index (κ2) is 4.19. The monoisotopic (exact) mass is 252 g/mol. The Labute approximate surface area is 106 Å². The van der Waals surface area contributed by atoms with Gasteiger partial charge in [0.05, 0.1) is 22.5 Å². The van der Waals surface area contributed by atoms with E-state index in [1.807, 2.05) is 13.8 Å². The fourth-order valence-electron chi connectivity index (χ4n) is 2.42. The first-order valence-corrected chi connectivity index (χ1v) is 5.97. The lowest BCUT2D eigenvalue weighted by molar-refractivity contribution is 0.439. The Hall–Kier alpha value is -1.27. The first-order valence-electron chi connectivity index (χ1n) is 5.59. The molecule has 0 spiro atoms. The highest BCUT2D eigenvalue weighted by Gasteiger charge is 2.41. The van der Waals surface area contributed by atoms with Crippen LogP contribution in [-0.4, -0.2) is 12.1 Å². The minimum Gasteiger partial charge on any atom is -0.365 e. The molecular formula is C13H14ClFN2. The molecule has 0 amide bonds. The summed E-state index contributed by atoms with van der Waals surface area (Å²) in [5.41, 5.74) is 0.634. The third-order valence-electron chi connectivity index (χ3n) is 3.56. The van der Waals surface area contributed by atoms with Crippen molar-refractivity contribution in [3.8, 4) is 6.07 Å². The lowest BCUT2D eigenvalue weighted by Gasteiger charge is -2.35. The Balaban J connectivity index is 2.36. The zero-order valence-corrected chi connectivity index (χ0v) is 10.6. The van der Waals surface area contributed by atoms with Crippen molar-refractivity contribution in [1.82, 2.24) is 0 Å². The zero-order valence-electron chi connectivity index (χ0n) is 9.87. The fraction of sp³-hybridized carbons (Fsp3) is 0.462. The van der Waals surface area contributed by atoms with Gasteiger partial charge in [-0.05, 0) is 38.5 Å². The minimum atomic E-state index is -0.413. The summed E-state index contributed by atoms with van der Waals surface area (Å²) in [5, 5.41) is 9.23. The Morgan fingerprint density at radius 3 is 2.76 bits per heavy atom. The van der Waals surface area contributed by atoms with E-state index in [4.69, 9.17) is 16.9 Å². The normalized spacial score (nSPS) is 22.5. The lowest BCUT2D eigenvalue weighted by atomic mass is 9.89. The predicted molar refractivity (Wildman–Crippen MR) is 66.6 cm³/mol. The summed E-state index contributed by atoms with van der Waals surface area (Å²) in [4.78, 5) is 2.12. The van der Waals surface area contributed by atoms with E-state index in [1.165, 1.54) is 6.07 Å². The second-order valence-corrected chi connectivity index (χ2v) is 5.28. The van der Waals surface area contributed by atoms with Crippen LogP contribution in [0.4, 0.5) is 10.1 Å². The molecule has 1 fully saturated rings. The highest BCUT2D eigenvalue weighted by Crippen LogP contribution is 2.38. The van der Waals surface area contributed by atoms with Crippen LogP contribution in [0.5, 0.6) is 0 Å². The van der Waals surface area contributed by atoms with Gasteiger partial charge in [0.1, 0.15) is 5.82 Å². The van der Waals surface area contributed by atoms with E-state index in [2.05, 4.69) is 11.0 Å². The third-order valence-corrected chi connectivity index (χ3v) is 3.85. The maximum atomic E-state index is 13.1. The molecule has 1 heterocycles. The summed E-state index contributed by atoms with van der Waals surface area (Å²) in [5.74, 6) is -0.421. The number of nitrogens with zero attached hydrogens (tertiary/aromatic N) is 2. The van der Waals surface area contributed by atoms with Crippen LogP contribution in [0.1, 0.15) is 20.3 Å². The standard InChI is InChI=1S/C13H14ClFN2/c1-13(2)9(8-16)5-6-17(13)10-3-4-12(15)11(14)7-10/h3-4,7,9H,5-6H2,1-2H3. The van der Waals surface area contributed by atoms with Gasteiger partial charge >= 0.3 is 0 Å². The molecule has 1 saturated heterocycles. The summed E-state index contributed by atoms with van der Waals surface area (Å²) >= 11 is 5.79. The summed E-state index contributed by atoms with van der Waals surface area (Å²) in [6, 6.07) is 7.03. The second-order valence-electron chi connectivity index (χ2n) is 4.87.